The predicted molar refractivity (Wildman–Crippen MR) is 67.0 cm³/mol. The SMILES string of the molecule is CCC1C(=O)NC(C)C(=O)N1C1(C)CCCOC1. The van der Waals surface area contributed by atoms with E-state index in [1.807, 2.05) is 13.8 Å². The molecule has 0 aromatic heterocycles. The largest absolute Gasteiger partial charge is 0.379 e. The van der Waals surface area contributed by atoms with Gasteiger partial charge in [-0.05, 0) is 33.1 Å². The van der Waals surface area contributed by atoms with Crippen LogP contribution in [0.2, 0.25) is 0 Å². The van der Waals surface area contributed by atoms with E-state index in [0.717, 1.165) is 19.4 Å². The predicted octanol–water partition coefficient (Wildman–Crippen LogP) is 0.681. The molecule has 0 saturated carbocycles. The van der Waals surface area contributed by atoms with E-state index in [9.17, 15) is 9.59 Å². The van der Waals surface area contributed by atoms with Gasteiger partial charge in [0.1, 0.15) is 12.1 Å². The van der Waals surface area contributed by atoms with E-state index in [-0.39, 0.29) is 23.4 Å². The zero-order valence-corrected chi connectivity index (χ0v) is 11.4. The molecule has 1 N–H and O–H groups in total. The second-order valence-corrected chi connectivity index (χ2v) is 5.52. The molecule has 2 rings (SSSR count). The molecular formula is C13H22N2O3. The normalized spacial score (nSPS) is 37.6. The van der Waals surface area contributed by atoms with Crippen molar-refractivity contribution in [3.63, 3.8) is 0 Å². The number of rotatable bonds is 2. The standard InChI is InChI=1S/C13H22N2O3/c1-4-10-11(16)14-9(2)12(17)15(10)13(3)6-5-7-18-8-13/h9-10H,4-8H2,1-3H3,(H,14,16). The lowest BCUT2D eigenvalue weighted by atomic mass is 9.88. The van der Waals surface area contributed by atoms with E-state index in [1.165, 1.54) is 0 Å². The van der Waals surface area contributed by atoms with Crippen molar-refractivity contribution in [1.82, 2.24) is 10.2 Å². The van der Waals surface area contributed by atoms with Crippen LogP contribution in [0, 0.1) is 0 Å². The van der Waals surface area contributed by atoms with Crippen molar-refractivity contribution < 1.29 is 14.3 Å². The Morgan fingerprint density at radius 3 is 2.78 bits per heavy atom. The van der Waals surface area contributed by atoms with Gasteiger partial charge in [0.15, 0.2) is 0 Å². The number of hydrogen-bond acceptors (Lipinski definition) is 3. The minimum atomic E-state index is -0.431. The number of nitrogens with zero attached hydrogens (tertiary/aromatic N) is 1. The minimum absolute atomic E-state index is 0.00875. The lowest BCUT2D eigenvalue weighted by molar-refractivity contribution is -0.162. The third kappa shape index (κ3) is 2.11. The number of carbonyl (C=O) groups excluding carboxylic acids is 2. The summed E-state index contributed by atoms with van der Waals surface area (Å²) in [4.78, 5) is 26.2. The van der Waals surface area contributed by atoms with Crippen LogP contribution >= 0.6 is 0 Å². The van der Waals surface area contributed by atoms with E-state index in [2.05, 4.69) is 5.32 Å². The van der Waals surface area contributed by atoms with Crippen LogP contribution in [0.4, 0.5) is 0 Å². The highest BCUT2D eigenvalue weighted by atomic mass is 16.5. The second kappa shape index (κ2) is 4.88. The Hall–Kier alpha value is -1.10. The van der Waals surface area contributed by atoms with Crippen LogP contribution < -0.4 is 5.32 Å². The molecule has 2 amide bonds. The van der Waals surface area contributed by atoms with Gasteiger partial charge in [-0.1, -0.05) is 6.92 Å². The molecule has 2 aliphatic heterocycles. The van der Waals surface area contributed by atoms with E-state index in [4.69, 9.17) is 4.74 Å². The van der Waals surface area contributed by atoms with Crippen LogP contribution in [0.3, 0.4) is 0 Å². The van der Waals surface area contributed by atoms with Crippen LogP contribution in [0.25, 0.3) is 0 Å². The van der Waals surface area contributed by atoms with Gasteiger partial charge >= 0.3 is 0 Å². The first-order valence-corrected chi connectivity index (χ1v) is 6.71. The van der Waals surface area contributed by atoms with Crippen molar-refractivity contribution in [1.29, 1.82) is 0 Å². The molecule has 3 atom stereocenters. The Labute approximate surface area is 108 Å². The number of amides is 2. The van der Waals surface area contributed by atoms with Gasteiger partial charge in [-0.25, -0.2) is 0 Å². The molecule has 2 saturated heterocycles. The van der Waals surface area contributed by atoms with Crippen LogP contribution in [0.15, 0.2) is 0 Å². The monoisotopic (exact) mass is 254 g/mol. The summed E-state index contributed by atoms with van der Waals surface area (Å²) in [5, 5.41) is 2.75. The summed E-state index contributed by atoms with van der Waals surface area (Å²) in [5.74, 6) is -0.0363. The average Bonchev–Trinajstić information content (AvgIpc) is 2.34. The molecule has 2 aliphatic rings. The highest BCUT2D eigenvalue weighted by molar-refractivity contribution is 5.97. The van der Waals surface area contributed by atoms with Gasteiger partial charge in [-0.3, -0.25) is 9.59 Å². The molecule has 0 aliphatic carbocycles. The number of piperazine rings is 1. The third-order valence-electron chi connectivity index (χ3n) is 3.97. The topological polar surface area (TPSA) is 58.6 Å². The van der Waals surface area contributed by atoms with Crippen molar-refractivity contribution in [3.8, 4) is 0 Å². The Morgan fingerprint density at radius 2 is 2.22 bits per heavy atom. The summed E-state index contributed by atoms with van der Waals surface area (Å²) in [6, 6.07) is -0.792. The summed E-state index contributed by atoms with van der Waals surface area (Å²) in [6.45, 7) is 6.98. The maximum Gasteiger partial charge on any atom is 0.246 e. The van der Waals surface area contributed by atoms with Crippen LogP contribution in [-0.4, -0.2) is 47.6 Å². The molecule has 18 heavy (non-hydrogen) atoms. The van der Waals surface area contributed by atoms with Gasteiger partial charge in [0, 0.05) is 6.61 Å². The first-order valence-electron chi connectivity index (χ1n) is 6.71. The molecule has 0 bridgehead atoms. The summed E-state index contributed by atoms with van der Waals surface area (Å²) in [5.41, 5.74) is -0.345. The summed E-state index contributed by atoms with van der Waals surface area (Å²) >= 11 is 0. The zero-order chi connectivity index (χ0) is 13.3. The summed E-state index contributed by atoms with van der Waals surface area (Å²) < 4.78 is 5.52. The smallest absolute Gasteiger partial charge is 0.246 e. The minimum Gasteiger partial charge on any atom is -0.379 e. The van der Waals surface area contributed by atoms with Gasteiger partial charge in [0.2, 0.25) is 11.8 Å². The number of nitrogens with one attached hydrogen (secondary N) is 1. The first kappa shape index (κ1) is 13.3. The fourth-order valence-corrected chi connectivity index (χ4v) is 2.97. The molecule has 5 heteroatoms. The second-order valence-electron chi connectivity index (χ2n) is 5.52. The molecule has 2 heterocycles. The van der Waals surface area contributed by atoms with Crippen LogP contribution in [-0.2, 0) is 14.3 Å². The highest BCUT2D eigenvalue weighted by Gasteiger charge is 2.47. The molecule has 0 spiro atoms. The fraction of sp³-hybridized carbons (Fsp3) is 0.846. The number of hydrogen-bond donors (Lipinski definition) is 1. The molecular weight excluding hydrogens is 232 g/mol. The van der Waals surface area contributed by atoms with Crippen molar-refractivity contribution in [2.24, 2.45) is 0 Å². The molecule has 102 valence electrons. The average molecular weight is 254 g/mol. The lowest BCUT2D eigenvalue weighted by Gasteiger charge is -2.50. The van der Waals surface area contributed by atoms with Crippen molar-refractivity contribution in [2.45, 2.75) is 57.7 Å². The Bertz CT molecular complexity index is 350. The van der Waals surface area contributed by atoms with Crippen LogP contribution in [0.1, 0.15) is 40.0 Å². The molecule has 0 aromatic carbocycles. The Kier molecular flexibility index (Phi) is 3.61. The van der Waals surface area contributed by atoms with E-state index in [0.29, 0.717) is 13.0 Å². The Balaban J connectivity index is 2.30. The van der Waals surface area contributed by atoms with E-state index < -0.39 is 6.04 Å². The first-order chi connectivity index (χ1) is 8.49. The third-order valence-corrected chi connectivity index (χ3v) is 3.97. The van der Waals surface area contributed by atoms with Crippen molar-refractivity contribution in [3.05, 3.63) is 0 Å². The maximum atomic E-state index is 12.4. The highest BCUT2D eigenvalue weighted by Crippen LogP contribution is 2.31. The summed E-state index contributed by atoms with van der Waals surface area (Å²) in [6.07, 6.45) is 2.47. The Morgan fingerprint density at radius 1 is 1.50 bits per heavy atom. The van der Waals surface area contributed by atoms with Crippen molar-refractivity contribution >= 4 is 11.8 Å². The van der Waals surface area contributed by atoms with Gasteiger partial charge < -0.3 is 15.0 Å². The zero-order valence-electron chi connectivity index (χ0n) is 11.4. The quantitative estimate of drug-likeness (QED) is 0.788. The maximum absolute atomic E-state index is 12.4. The molecule has 0 radical (unpaired) electrons. The molecule has 5 nitrogen and oxygen atoms in total. The van der Waals surface area contributed by atoms with Gasteiger partial charge in [-0.2, -0.15) is 0 Å². The van der Waals surface area contributed by atoms with E-state index >= 15 is 0 Å². The van der Waals surface area contributed by atoms with Crippen molar-refractivity contribution in [2.75, 3.05) is 13.2 Å². The van der Waals surface area contributed by atoms with Gasteiger partial charge in [0.05, 0.1) is 12.1 Å². The lowest BCUT2D eigenvalue weighted by Crippen LogP contribution is -2.69. The molecule has 2 fully saturated rings. The number of carbonyl (C=O) groups is 2. The molecule has 0 aromatic rings. The molecule has 3 unspecified atom stereocenters. The van der Waals surface area contributed by atoms with E-state index in [1.54, 1.807) is 11.8 Å². The van der Waals surface area contributed by atoms with Crippen LogP contribution in [0.5, 0.6) is 0 Å². The number of ether oxygens (including phenoxy) is 1. The fourth-order valence-electron chi connectivity index (χ4n) is 2.97. The van der Waals surface area contributed by atoms with Gasteiger partial charge in [0.25, 0.3) is 0 Å². The summed E-state index contributed by atoms with van der Waals surface area (Å²) in [7, 11) is 0. The van der Waals surface area contributed by atoms with Gasteiger partial charge in [-0.15, -0.1) is 0 Å².